The van der Waals surface area contributed by atoms with Gasteiger partial charge < -0.3 is 5.32 Å². The molecule has 0 fully saturated rings. The lowest BCUT2D eigenvalue weighted by Gasteiger charge is -2.03. The first-order chi connectivity index (χ1) is 7.20. The molecule has 88 valence electrons. The second-order valence-electron chi connectivity index (χ2n) is 3.80. The molecule has 0 rings (SSSR count). The van der Waals surface area contributed by atoms with E-state index in [1.807, 2.05) is 6.92 Å². The summed E-state index contributed by atoms with van der Waals surface area (Å²) in [4.78, 5) is 22.2. The number of carbonyl (C=O) groups is 2. The lowest BCUT2D eigenvalue weighted by Crippen LogP contribution is -2.23. The van der Waals surface area contributed by atoms with Crippen molar-refractivity contribution in [2.75, 3.05) is 6.54 Å². The van der Waals surface area contributed by atoms with Crippen molar-refractivity contribution in [2.45, 2.75) is 58.8 Å². The van der Waals surface area contributed by atoms with E-state index in [2.05, 4.69) is 12.2 Å². The average Bonchev–Trinajstić information content (AvgIpc) is 2.24. The van der Waals surface area contributed by atoms with E-state index in [0.717, 1.165) is 32.2 Å². The number of ketones is 1. The molecule has 3 nitrogen and oxygen atoms in total. The molecule has 0 aromatic carbocycles. The van der Waals surface area contributed by atoms with Crippen LogP contribution in [0.4, 0.5) is 0 Å². The minimum Gasteiger partial charge on any atom is -0.356 e. The van der Waals surface area contributed by atoms with Crippen LogP contribution in [-0.4, -0.2) is 18.2 Å². The van der Waals surface area contributed by atoms with Crippen LogP contribution in [0.3, 0.4) is 0 Å². The monoisotopic (exact) mass is 213 g/mol. The average molecular weight is 213 g/mol. The van der Waals surface area contributed by atoms with Gasteiger partial charge in [0.05, 0.1) is 0 Å². The SMILES string of the molecule is CCCCNC(=O)CCCCC(=O)CC. The topological polar surface area (TPSA) is 46.2 Å². The van der Waals surface area contributed by atoms with Crippen LogP contribution >= 0.6 is 0 Å². The summed E-state index contributed by atoms with van der Waals surface area (Å²) >= 11 is 0. The molecule has 1 amide bonds. The number of Topliss-reactive ketones (excluding diaryl/α,β-unsaturated/α-hetero) is 1. The zero-order valence-electron chi connectivity index (χ0n) is 9.97. The molecule has 0 aromatic rings. The number of carbonyl (C=O) groups excluding carboxylic acids is 2. The molecule has 15 heavy (non-hydrogen) atoms. The molecule has 0 bridgehead atoms. The molecule has 0 aliphatic heterocycles. The molecular formula is C12H23NO2. The Hall–Kier alpha value is -0.860. The van der Waals surface area contributed by atoms with Gasteiger partial charge >= 0.3 is 0 Å². The van der Waals surface area contributed by atoms with Crippen LogP contribution in [0.25, 0.3) is 0 Å². The van der Waals surface area contributed by atoms with Gasteiger partial charge in [0, 0.05) is 25.8 Å². The Bertz CT molecular complexity index is 190. The molecule has 0 aliphatic carbocycles. The van der Waals surface area contributed by atoms with Crippen LogP contribution in [0.2, 0.25) is 0 Å². The van der Waals surface area contributed by atoms with Gasteiger partial charge in [-0.2, -0.15) is 0 Å². The minimum absolute atomic E-state index is 0.118. The van der Waals surface area contributed by atoms with E-state index in [0.29, 0.717) is 25.0 Å². The highest BCUT2D eigenvalue weighted by Crippen LogP contribution is 2.02. The Morgan fingerprint density at radius 3 is 2.27 bits per heavy atom. The number of unbranched alkanes of at least 4 members (excludes halogenated alkanes) is 2. The van der Waals surface area contributed by atoms with E-state index in [9.17, 15) is 9.59 Å². The van der Waals surface area contributed by atoms with Gasteiger partial charge in [0.2, 0.25) is 5.91 Å². The molecule has 3 heteroatoms. The molecule has 0 aromatic heterocycles. The maximum Gasteiger partial charge on any atom is 0.219 e. The fourth-order valence-corrected chi connectivity index (χ4v) is 1.28. The smallest absolute Gasteiger partial charge is 0.219 e. The summed E-state index contributed by atoms with van der Waals surface area (Å²) in [5, 5.41) is 2.86. The van der Waals surface area contributed by atoms with Gasteiger partial charge in [-0.3, -0.25) is 9.59 Å². The Morgan fingerprint density at radius 2 is 1.67 bits per heavy atom. The third-order valence-corrected chi connectivity index (χ3v) is 2.36. The van der Waals surface area contributed by atoms with Gasteiger partial charge in [0.15, 0.2) is 0 Å². The summed E-state index contributed by atoms with van der Waals surface area (Å²) in [6, 6.07) is 0. The Labute approximate surface area is 92.6 Å². The molecule has 0 spiro atoms. The van der Waals surface area contributed by atoms with Crippen molar-refractivity contribution in [1.82, 2.24) is 5.32 Å². The van der Waals surface area contributed by atoms with Crippen LogP contribution < -0.4 is 5.32 Å². The summed E-state index contributed by atoms with van der Waals surface area (Å²) < 4.78 is 0. The lowest BCUT2D eigenvalue weighted by atomic mass is 10.1. The van der Waals surface area contributed by atoms with Gasteiger partial charge in [0.1, 0.15) is 5.78 Å². The van der Waals surface area contributed by atoms with Gasteiger partial charge in [-0.05, 0) is 19.3 Å². The van der Waals surface area contributed by atoms with E-state index in [1.165, 1.54) is 0 Å². The Kier molecular flexibility index (Phi) is 9.13. The highest BCUT2D eigenvalue weighted by molar-refractivity contribution is 5.78. The number of hydrogen-bond donors (Lipinski definition) is 1. The molecule has 0 saturated carbocycles. The second kappa shape index (κ2) is 9.69. The number of hydrogen-bond acceptors (Lipinski definition) is 2. The van der Waals surface area contributed by atoms with Crippen LogP contribution in [0.5, 0.6) is 0 Å². The largest absolute Gasteiger partial charge is 0.356 e. The summed E-state index contributed by atoms with van der Waals surface area (Å²) in [5.41, 5.74) is 0. The highest BCUT2D eigenvalue weighted by Gasteiger charge is 2.02. The molecule has 0 aliphatic rings. The first-order valence-corrected chi connectivity index (χ1v) is 5.99. The lowest BCUT2D eigenvalue weighted by molar-refractivity contribution is -0.122. The Morgan fingerprint density at radius 1 is 1.00 bits per heavy atom. The quantitative estimate of drug-likeness (QED) is 0.598. The van der Waals surface area contributed by atoms with Crippen LogP contribution in [0.1, 0.15) is 58.8 Å². The van der Waals surface area contributed by atoms with Crippen molar-refractivity contribution in [3.05, 3.63) is 0 Å². The molecular weight excluding hydrogens is 190 g/mol. The predicted octanol–water partition coefficient (Wildman–Crippen LogP) is 2.44. The fourth-order valence-electron chi connectivity index (χ4n) is 1.28. The van der Waals surface area contributed by atoms with Crippen LogP contribution in [0, 0.1) is 0 Å². The zero-order chi connectivity index (χ0) is 11.5. The molecule has 0 saturated heterocycles. The van der Waals surface area contributed by atoms with Crippen molar-refractivity contribution in [3.63, 3.8) is 0 Å². The molecule has 0 unspecified atom stereocenters. The highest BCUT2D eigenvalue weighted by atomic mass is 16.1. The van der Waals surface area contributed by atoms with E-state index >= 15 is 0 Å². The third kappa shape index (κ3) is 9.44. The molecule has 1 N–H and O–H groups in total. The maximum absolute atomic E-state index is 11.2. The minimum atomic E-state index is 0.118. The van der Waals surface area contributed by atoms with Crippen LogP contribution in [0.15, 0.2) is 0 Å². The third-order valence-electron chi connectivity index (χ3n) is 2.36. The van der Waals surface area contributed by atoms with E-state index in [1.54, 1.807) is 0 Å². The predicted molar refractivity (Wildman–Crippen MR) is 61.7 cm³/mol. The van der Waals surface area contributed by atoms with Crippen LogP contribution in [-0.2, 0) is 9.59 Å². The first kappa shape index (κ1) is 14.1. The molecule has 0 heterocycles. The van der Waals surface area contributed by atoms with Gasteiger partial charge in [-0.25, -0.2) is 0 Å². The fraction of sp³-hybridized carbons (Fsp3) is 0.833. The van der Waals surface area contributed by atoms with Crippen molar-refractivity contribution < 1.29 is 9.59 Å². The molecule has 0 radical (unpaired) electrons. The van der Waals surface area contributed by atoms with Gasteiger partial charge in [-0.15, -0.1) is 0 Å². The molecule has 0 atom stereocenters. The van der Waals surface area contributed by atoms with Crippen molar-refractivity contribution in [3.8, 4) is 0 Å². The van der Waals surface area contributed by atoms with Gasteiger partial charge in [0.25, 0.3) is 0 Å². The van der Waals surface area contributed by atoms with Crippen molar-refractivity contribution >= 4 is 11.7 Å². The van der Waals surface area contributed by atoms with Gasteiger partial charge in [-0.1, -0.05) is 20.3 Å². The van der Waals surface area contributed by atoms with E-state index in [-0.39, 0.29) is 5.91 Å². The first-order valence-electron chi connectivity index (χ1n) is 5.99. The summed E-state index contributed by atoms with van der Waals surface area (Å²) in [5.74, 6) is 0.411. The Balaban J connectivity index is 3.27. The standard InChI is InChI=1S/C12H23NO2/c1-3-5-10-13-12(15)9-7-6-8-11(14)4-2/h3-10H2,1-2H3,(H,13,15). The normalized spacial score (nSPS) is 10.0. The van der Waals surface area contributed by atoms with Crippen molar-refractivity contribution in [2.24, 2.45) is 0 Å². The summed E-state index contributed by atoms with van der Waals surface area (Å²) in [6.45, 7) is 4.76. The number of amides is 1. The second-order valence-corrected chi connectivity index (χ2v) is 3.80. The number of nitrogens with one attached hydrogen (secondary N) is 1. The maximum atomic E-state index is 11.2. The van der Waals surface area contributed by atoms with E-state index in [4.69, 9.17) is 0 Å². The summed E-state index contributed by atoms with van der Waals surface area (Å²) in [6.07, 6.45) is 5.60. The summed E-state index contributed by atoms with van der Waals surface area (Å²) in [7, 11) is 0. The van der Waals surface area contributed by atoms with Crippen molar-refractivity contribution in [1.29, 1.82) is 0 Å². The zero-order valence-corrected chi connectivity index (χ0v) is 9.97. The van der Waals surface area contributed by atoms with E-state index < -0.39 is 0 Å². The number of rotatable bonds is 9.